The van der Waals surface area contributed by atoms with Gasteiger partial charge >= 0.3 is 5.97 Å². The number of carboxylic acids is 1. The molecule has 6 heteroatoms. The first-order valence-electron chi connectivity index (χ1n) is 8.52. The Labute approximate surface area is 162 Å². The van der Waals surface area contributed by atoms with Crippen LogP contribution < -0.4 is 14.8 Å². The fourth-order valence-corrected chi connectivity index (χ4v) is 3.04. The molecule has 0 aliphatic carbocycles. The topological polar surface area (TPSA) is 67.8 Å². The lowest BCUT2D eigenvalue weighted by Crippen LogP contribution is -2.09. The van der Waals surface area contributed by atoms with Crippen LogP contribution in [-0.2, 0) is 6.54 Å². The van der Waals surface area contributed by atoms with E-state index in [0.29, 0.717) is 35.8 Å². The van der Waals surface area contributed by atoms with Crippen molar-refractivity contribution in [2.75, 3.05) is 11.9 Å². The molecule has 0 saturated carbocycles. The molecule has 0 heterocycles. The van der Waals surface area contributed by atoms with E-state index in [0.717, 1.165) is 15.7 Å². The Kier molecular flexibility index (Phi) is 6.91. The fraction of sp³-hybridized carbons (Fsp3) is 0.350. The number of anilines is 1. The molecule has 2 aromatic rings. The molecule has 0 saturated heterocycles. The molecule has 0 unspecified atom stereocenters. The average molecular weight is 422 g/mol. The molecule has 0 amide bonds. The summed E-state index contributed by atoms with van der Waals surface area (Å²) in [6, 6.07) is 9.05. The molecule has 26 heavy (non-hydrogen) atoms. The quantitative estimate of drug-likeness (QED) is 0.608. The SMILES string of the molecule is CCOc1cc(CNc2cccc(C(=O)O)c2C)c(Br)cc1OC(C)C. The van der Waals surface area contributed by atoms with Crippen LogP contribution in [0.15, 0.2) is 34.8 Å². The van der Waals surface area contributed by atoms with Crippen molar-refractivity contribution in [1.29, 1.82) is 0 Å². The van der Waals surface area contributed by atoms with Gasteiger partial charge in [-0.3, -0.25) is 0 Å². The molecule has 2 N–H and O–H groups in total. The second-order valence-electron chi connectivity index (χ2n) is 6.13. The summed E-state index contributed by atoms with van der Waals surface area (Å²) in [7, 11) is 0. The number of aromatic carboxylic acids is 1. The van der Waals surface area contributed by atoms with Crippen LogP contribution in [0, 0.1) is 6.92 Å². The number of benzene rings is 2. The first-order chi connectivity index (χ1) is 12.3. The minimum atomic E-state index is -0.929. The summed E-state index contributed by atoms with van der Waals surface area (Å²) in [4.78, 5) is 11.3. The van der Waals surface area contributed by atoms with Gasteiger partial charge in [0, 0.05) is 16.7 Å². The third-order valence-electron chi connectivity index (χ3n) is 3.81. The molecular formula is C20H24BrNO4. The second kappa shape index (κ2) is 8.94. The monoisotopic (exact) mass is 421 g/mol. The van der Waals surface area contributed by atoms with Crippen molar-refractivity contribution in [3.8, 4) is 11.5 Å². The minimum absolute atomic E-state index is 0.0477. The van der Waals surface area contributed by atoms with E-state index in [4.69, 9.17) is 9.47 Å². The van der Waals surface area contributed by atoms with E-state index in [9.17, 15) is 9.90 Å². The van der Waals surface area contributed by atoms with E-state index in [2.05, 4.69) is 21.2 Å². The van der Waals surface area contributed by atoms with Gasteiger partial charge in [-0.25, -0.2) is 4.79 Å². The van der Waals surface area contributed by atoms with E-state index in [1.807, 2.05) is 39.0 Å². The van der Waals surface area contributed by atoms with Gasteiger partial charge in [-0.1, -0.05) is 22.0 Å². The predicted octanol–water partition coefficient (Wildman–Crippen LogP) is 5.25. The highest BCUT2D eigenvalue weighted by molar-refractivity contribution is 9.10. The summed E-state index contributed by atoms with van der Waals surface area (Å²) < 4.78 is 12.4. The predicted molar refractivity (Wildman–Crippen MR) is 107 cm³/mol. The number of hydrogen-bond acceptors (Lipinski definition) is 4. The van der Waals surface area contributed by atoms with Gasteiger partial charge in [-0.05, 0) is 63.1 Å². The van der Waals surface area contributed by atoms with Crippen LogP contribution in [0.3, 0.4) is 0 Å². The average Bonchev–Trinajstić information content (AvgIpc) is 2.56. The van der Waals surface area contributed by atoms with Crippen LogP contribution in [0.5, 0.6) is 11.5 Å². The third-order valence-corrected chi connectivity index (χ3v) is 4.55. The van der Waals surface area contributed by atoms with Crippen LogP contribution in [-0.4, -0.2) is 23.8 Å². The van der Waals surface area contributed by atoms with E-state index in [1.165, 1.54) is 0 Å². The van der Waals surface area contributed by atoms with Crippen LogP contribution in [0.25, 0.3) is 0 Å². The van der Waals surface area contributed by atoms with Crippen molar-refractivity contribution in [3.63, 3.8) is 0 Å². The molecular weight excluding hydrogens is 398 g/mol. The van der Waals surface area contributed by atoms with Gasteiger partial charge in [0.1, 0.15) is 0 Å². The maximum Gasteiger partial charge on any atom is 0.336 e. The maximum absolute atomic E-state index is 11.3. The van der Waals surface area contributed by atoms with E-state index in [1.54, 1.807) is 19.1 Å². The summed E-state index contributed by atoms with van der Waals surface area (Å²) in [6.07, 6.45) is 0.0477. The van der Waals surface area contributed by atoms with Crippen LogP contribution in [0.1, 0.15) is 42.3 Å². The minimum Gasteiger partial charge on any atom is -0.490 e. The third kappa shape index (κ3) is 4.91. The Morgan fingerprint density at radius 2 is 2.00 bits per heavy atom. The summed E-state index contributed by atoms with van der Waals surface area (Å²) in [5.41, 5.74) is 2.78. The normalized spacial score (nSPS) is 10.7. The highest BCUT2D eigenvalue weighted by atomic mass is 79.9. The smallest absolute Gasteiger partial charge is 0.336 e. The van der Waals surface area contributed by atoms with Crippen molar-refractivity contribution in [2.45, 2.75) is 40.3 Å². The zero-order valence-electron chi connectivity index (χ0n) is 15.4. The lowest BCUT2D eigenvalue weighted by atomic mass is 10.1. The van der Waals surface area contributed by atoms with Crippen molar-refractivity contribution < 1.29 is 19.4 Å². The van der Waals surface area contributed by atoms with Gasteiger partial charge in [0.25, 0.3) is 0 Å². The molecule has 0 aliphatic rings. The molecule has 0 bridgehead atoms. The van der Waals surface area contributed by atoms with Crippen molar-refractivity contribution in [3.05, 3.63) is 51.5 Å². The van der Waals surface area contributed by atoms with Gasteiger partial charge in [0.05, 0.1) is 18.3 Å². The van der Waals surface area contributed by atoms with Crippen molar-refractivity contribution in [1.82, 2.24) is 0 Å². The fourth-order valence-electron chi connectivity index (χ4n) is 2.58. The van der Waals surface area contributed by atoms with Gasteiger partial charge in [0.2, 0.25) is 0 Å². The first-order valence-corrected chi connectivity index (χ1v) is 9.31. The number of carboxylic acid groups (broad SMARTS) is 1. The second-order valence-corrected chi connectivity index (χ2v) is 6.98. The van der Waals surface area contributed by atoms with Gasteiger partial charge in [-0.15, -0.1) is 0 Å². The Balaban J connectivity index is 2.26. The molecule has 0 fully saturated rings. The van der Waals surface area contributed by atoms with E-state index >= 15 is 0 Å². The molecule has 0 spiro atoms. The van der Waals surface area contributed by atoms with E-state index < -0.39 is 5.97 Å². The highest BCUT2D eigenvalue weighted by Crippen LogP contribution is 2.35. The van der Waals surface area contributed by atoms with Crippen LogP contribution in [0.2, 0.25) is 0 Å². The number of rotatable bonds is 8. The largest absolute Gasteiger partial charge is 0.490 e. The Morgan fingerprint density at radius 3 is 2.62 bits per heavy atom. The van der Waals surface area contributed by atoms with Crippen LogP contribution in [0.4, 0.5) is 5.69 Å². The van der Waals surface area contributed by atoms with Gasteiger partial charge in [0.15, 0.2) is 11.5 Å². The first kappa shape index (κ1) is 20.1. The lowest BCUT2D eigenvalue weighted by molar-refractivity contribution is 0.0696. The Hall–Kier alpha value is -2.21. The molecule has 0 aromatic heterocycles. The molecule has 0 radical (unpaired) electrons. The molecule has 0 atom stereocenters. The number of halogens is 1. The number of ether oxygens (including phenoxy) is 2. The van der Waals surface area contributed by atoms with Crippen molar-refractivity contribution >= 4 is 27.6 Å². The standard InChI is InChI=1S/C20H24BrNO4/c1-5-25-18-9-14(16(21)10-19(18)26-12(2)3)11-22-17-8-6-7-15(13(17)4)20(23)24/h6-10,12,22H,5,11H2,1-4H3,(H,23,24). The zero-order chi connectivity index (χ0) is 19.3. The molecule has 2 aromatic carbocycles. The molecule has 5 nitrogen and oxygen atoms in total. The van der Waals surface area contributed by atoms with E-state index in [-0.39, 0.29) is 6.10 Å². The number of carbonyl (C=O) groups is 1. The lowest BCUT2D eigenvalue weighted by Gasteiger charge is -2.18. The Bertz CT molecular complexity index is 790. The summed E-state index contributed by atoms with van der Waals surface area (Å²) >= 11 is 3.58. The molecule has 2 rings (SSSR count). The van der Waals surface area contributed by atoms with Crippen LogP contribution >= 0.6 is 15.9 Å². The zero-order valence-corrected chi connectivity index (χ0v) is 17.0. The molecule has 140 valence electrons. The number of nitrogens with one attached hydrogen (secondary N) is 1. The summed E-state index contributed by atoms with van der Waals surface area (Å²) in [6.45, 7) is 8.73. The van der Waals surface area contributed by atoms with Crippen molar-refractivity contribution in [2.24, 2.45) is 0 Å². The van der Waals surface area contributed by atoms with Gasteiger partial charge < -0.3 is 19.9 Å². The number of hydrogen-bond donors (Lipinski definition) is 2. The highest BCUT2D eigenvalue weighted by Gasteiger charge is 2.14. The molecule has 0 aliphatic heterocycles. The summed E-state index contributed by atoms with van der Waals surface area (Å²) in [5.74, 6) is 0.458. The maximum atomic E-state index is 11.3. The van der Waals surface area contributed by atoms with Gasteiger partial charge in [-0.2, -0.15) is 0 Å². The summed E-state index contributed by atoms with van der Waals surface area (Å²) in [5, 5.41) is 12.6. The Morgan fingerprint density at radius 1 is 1.27 bits per heavy atom.